The lowest BCUT2D eigenvalue weighted by Gasteiger charge is -2.31. The van der Waals surface area contributed by atoms with Crippen molar-refractivity contribution in [2.45, 2.75) is 38.1 Å². The first-order chi connectivity index (χ1) is 13.2. The number of nitro groups is 1. The van der Waals surface area contributed by atoms with E-state index in [1.165, 1.54) is 29.8 Å². The Hall–Kier alpha value is -2.53. The minimum Gasteiger partial charge on any atom is -0.490 e. The van der Waals surface area contributed by atoms with Crippen LogP contribution in [0.4, 0.5) is 5.69 Å². The highest BCUT2D eigenvalue weighted by Gasteiger charge is 2.29. The molecule has 1 aliphatic carbocycles. The van der Waals surface area contributed by atoms with Gasteiger partial charge in [-0.3, -0.25) is 14.9 Å². The predicted molar refractivity (Wildman–Crippen MR) is 104 cm³/mol. The third-order valence-electron chi connectivity index (χ3n) is 4.51. The number of hydrazone groups is 1. The van der Waals surface area contributed by atoms with Gasteiger partial charge in [0.25, 0.3) is 5.91 Å². The zero-order valence-electron chi connectivity index (χ0n) is 15.8. The molecule has 28 heavy (non-hydrogen) atoms. The Morgan fingerprint density at radius 1 is 1.39 bits per heavy atom. The zero-order valence-corrected chi connectivity index (χ0v) is 16.6. The molecule has 154 valence electrons. The summed E-state index contributed by atoms with van der Waals surface area (Å²) in [6.07, 6.45) is 6.75. The lowest BCUT2D eigenvalue weighted by molar-refractivity contribution is -0.385. The molecule has 0 radical (unpaired) electrons. The Morgan fingerprint density at radius 3 is 2.64 bits per heavy atom. The molecule has 0 bridgehead atoms. The van der Waals surface area contributed by atoms with Gasteiger partial charge in [0.15, 0.2) is 5.75 Å². The number of ether oxygens (including phenoxy) is 1. The number of nitrogens with one attached hydrogen (secondary N) is 1. The molecule has 10 nitrogen and oxygen atoms in total. The van der Waals surface area contributed by atoms with Crippen LogP contribution in [0.1, 0.15) is 37.7 Å². The number of benzene rings is 1. The molecule has 1 aromatic carbocycles. The van der Waals surface area contributed by atoms with Gasteiger partial charge in [-0.25, -0.2) is 13.8 Å². The maximum absolute atomic E-state index is 12.1. The third-order valence-corrected chi connectivity index (χ3v) is 5.79. The Kier molecular flexibility index (Phi) is 7.46. The van der Waals surface area contributed by atoms with E-state index in [9.17, 15) is 23.3 Å². The lowest BCUT2D eigenvalue weighted by Crippen LogP contribution is -2.45. The monoisotopic (exact) mass is 412 g/mol. The van der Waals surface area contributed by atoms with Crippen molar-refractivity contribution >= 4 is 27.8 Å². The molecule has 0 atom stereocenters. The zero-order chi connectivity index (χ0) is 20.7. The molecule has 2 rings (SSSR count). The summed E-state index contributed by atoms with van der Waals surface area (Å²) in [4.78, 5) is 22.6. The fraction of sp³-hybridized carbons (Fsp3) is 0.529. The molecule has 1 amide bonds. The van der Waals surface area contributed by atoms with E-state index in [1.54, 1.807) is 6.07 Å². The average Bonchev–Trinajstić information content (AvgIpc) is 2.65. The highest BCUT2D eigenvalue weighted by Crippen LogP contribution is 2.27. The number of sulfonamides is 1. The maximum atomic E-state index is 12.1. The Labute approximate surface area is 163 Å². The molecular weight excluding hydrogens is 388 g/mol. The Bertz CT molecular complexity index is 849. The van der Waals surface area contributed by atoms with Crippen LogP contribution in [0.25, 0.3) is 0 Å². The second kappa shape index (κ2) is 9.60. The summed E-state index contributed by atoms with van der Waals surface area (Å²) < 4.78 is 30.2. The van der Waals surface area contributed by atoms with Gasteiger partial charge < -0.3 is 4.74 Å². The second-order valence-corrected chi connectivity index (χ2v) is 8.52. The van der Waals surface area contributed by atoms with Crippen molar-refractivity contribution in [3.8, 4) is 5.75 Å². The van der Waals surface area contributed by atoms with Crippen LogP contribution in [0.2, 0.25) is 0 Å². The van der Waals surface area contributed by atoms with Gasteiger partial charge in [0, 0.05) is 17.7 Å². The molecule has 0 unspecified atom stereocenters. The fourth-order valence-electron chi connectivity index (χ4n) is 3.17. The quantitative estimate of drug-likeness (QED) is 0.392. The molecule has 1 fully saturated rings. The van der Waals surface area contributed by atoms with Gasteiger partial charge in [-0.15, -0.1) is 0 Å². The third kappa shape index (κ3) is 5.99. The number of nitrogens with zero attached hydrogens (tertiary/aromatic N) is 3. The number of rotatable bonds is 8. The molecule has 0 heterocycles. The Morgan fingerprint density at radius 2 is 2.07 bits per heavy atom. The molecule has 0 saturated heterocycles. The number of carbonyl (C=O) groups is 1. The van der Waals surface area contributed by atoms with Crippen LogP contribution in [0, 0.1) is 10.1 Å². The first-order valence-electron chi connectivity index (χ1n) is 8.83. The summed E-state index contributed by atoms with van der Waals surface area (Å²) >= 11 is 0. The van der Waals surface area contributed by atoms with Crippen LogP contribution in [-0.4, -0.2) is 55.7 Å². The van der Waals surface area contributed by atoms with E-state index in [4.69, 9.17) is 4.74 Å². The molecule has 0 spiro atoms. The fourth-order valence-corrected chi connectivity index (χ4v) is 4.28. The van der Waals surface area contributed by atoms with Gasteiger partial charge in [-0.1, -0.05) is 19.3 Å². The van der Waals surface area contributed by atoms with Crippen molar-refractivity contribution in [1.29, 1.82) is 0 Å². The van der Waals surface area contributed by atoms with Crippen LogP contribution in [0.5, 0.6) is 5.75 Å². The Balaban J connectivity index is 2.02. The minimum absolute atomic E-state index is 0.113. The molecule has 0 aromatic heterocycles. The maximum Gasteiger partial charge on any atom is 0.311 e. The molecule has 1 saturated carbocycles. The van der Waals surface area contributed by atoms with Crippen molar-refractivity contribution in [2.75, 3.05) is 19.9 Å². The van der Waals surface area contributed by atoms with Crippen molar-refractivity contribution in [2.24, 2.45) is 5.10 Å². The molecule has 11 heteroatoms. The first-order valence-corrected chi connectivity index (χ1v) is 10.7. The molecule has 1 aromatic rings. The number of methoxy groups -OCH3 is 1. The first kappa shape index (κ1) is 21.8. The molecule has 0 aliphatic heterocycles. The van der Waals surface area contributed by atoms with Crippen molar-refractivity contribution in [3.63, 3.8) is 0 Å². The predicted octanol–water partition coefficient (Wildman–Crippen LogP) is 1.65. The summed E-state index contributed by atoms with van der Waals surface area (Å²) in [5.41, 5.74) is 2.44. The van der Waals surface area contributed by atoms with Gasteiger partial charge in [0.2, 0.25) is 10.0 Å². The van der Waals surface area contributed by atoms with E-state index >= 15 is 0 Å². The van der Waals surface area contributed by atoms with E-state index in [0.717, 1.165) is 38.4 Å². The van der Waals surface area contributed by atoms with Gasteiger partial charge in [0.05, 0.1) is 31.0 Å². The number of hydrogen-bond donors (Lipinski definition) is 1. The van der Waals surface area contributed by atoms with Gasteiger partial charge in [0.1, 0.15) is 0 Å². The summed E-state index contributed by atoms with van der Waals surface area (Å²) in [6.45, 7) is -0.316. The van der Waals surface area contributed by atoms with Crippen molar-refractivity contribution < 1.29 is 22.9 Å². The summed E-state index contributed by atoms with van der Waals surface area (Å²) in [5, 5.41) is 14.8. The topological polar surface area (TPSA) is 131 Å². The number of nitro benzene ring substituents is 1. The molecular formula is C17H24N4O6S. The normalized spacial score (nSPS) is 15.7. The highest BCUT2D eigenvalue weighted by atomic mass is 32.2. The van der Waals surface area contributed by atoms with E-state index in [-0.39, 0.29) is 24.0 Å². The lowest BCUT2D eigenvalue weighted by atomic mass is 9.95. The molecule has 1 aliphatic rings. The smallest absolute Gasteiger partial charge is 0.311 e. The largest absolute Gasteiger partial charge is 0.490 e. The van der Waals surface area contributed by atoms with E-state index < -0.39 is 20.9 Å². The van der Waals surface area contributed by atoms with Crippen LogP contribution in [0.3, 0.4) is 0 Å². The minimum atomic E-state index is -3.53. The molecule has 1 N–H and O–H groups in total. The van der Waals surface area contributed by atoms with Crippen molar-refractivity contribution in [3.05, 3.63) is 33.9 Å². The standard InChI is InChI=1S/C17H24N4O6S/c1-27-16-9-8-13(10-15(16)21(23)24)11-18-19-17(22)12-20(28(2,25)26)14-6-4-3-5-7-14/h8-11,14H,3-7,12H2,1-2H3,(H,19,22). The SMILES string of the molecule is COc1ccc(C=NNC(=O)CN(C2CCCCC2)S(C)(=O)=O)cc1[N+](=O)[O-]. The summed E-state index contributed by atoms with van der Waals surface area (Å²) in [6, 6.07) is 4.06. The van der Waals surface area contributed by atoms with Crippen LogP contribution < -0.4 is 10.2 Å². The van der Waals surface area contributed by atoms with Crippen LogP contribution >= 0.6 is 0 Å². The van der Waals surface area contributed by atoms with Gasteiger partial charge in [-0.2, -0.15) is 9.41 Å². The number of amides is 1. The van der Waals surface area contributed by atoms with E-state index in [0.29, 0.717) is 5.56 Å². The van der Waals surface area contributed by atoms with E-state index in [2.05, 4.69) is 10.5 Å². The van der Waals surface area contributed by atoms with E-state index in [1.807, 2.05) is 0 Å². The summed E-state index contributed by atoms with van der Waals surface area (Å²) in [5.74, 6) is -0.460. The van der Waals surface area contributed by atoms with Gasteiger partial charge >= 0.3 is 5.69 Å². The number of hydrogen-bond acceptors (Lipinski definition) is 7. The summed E-state index contributed by atoms with van der Waals surface area (Å²) in [7, 11) is -2.20. The van der Waals surface area contributed by atoms with Crippen LogP contribution in [-0.2, 0) is 14.8 Å². The number of carbonyl (C=O) groups excluding carboxylic acids is 1. The second-order valence-electron chi connectivity index (χ2n) is 6.58. The highest BCUT2D eigenvalue weighted by molar-refractivity contribution is 7.88. The average molecular weight is 412 g/mol. The van der Waals surface area contributed by atoms with Crippen LogP contribution in [0.15, 0.2) is 23.3 Å². The van der Waals surface area contributed by atoms with Crippen molar-refractivity contribution in [1.82, 2.24) is 9.73 Å². The van der Waals surface area contributed by atoms with Gasteiger partial charge in [-0.05, 0) is 25.0 Å².